The number of rotatable bonds is 5. The summed E-state index contributed by atoms with van der Waals surface area (Å²) in [5.41, 5.74) is -0.567. The standard InChI is InChI=1S/C19H27NO2S/c1-3-4-5-6-10-18-13-14-8-7-9-17(2)11-12-20(15(18)21)19(14,17)23-16(18)22/h3,14H,1,4-13H2,2H3/t14?,17-,18+,19-/m0/s1. The Morgan fingerprint density at radius 1 is 1.35 bits per heavy atom. The van der Waals surface area contributed by atoms with Crippen molar-refractivity contribution in [2.24, 2.45) is 16.7 Å². The van der Waals surface area contributed by atoms with Crippen molar-refractivity contribution >= 4 is 22.8 Å². The van der Waals surface area contributed by atoms with Gasteiger partial charge < -0.3 is 4.90 Å². The van der Waals surface area contributed by atoms with E-state index in [0.29, 0.717) is 5.92 Å². The Balaban J connectivity index is 1.68. The molecule has 5 rings (SSSR count). The minimum Gasteiger partial charge on any atom is -0.326 e. The van der Waals surface area contributed by atoms with E-state index >= 15 is 0 Å². The summed E-state index contributed by atoms with van der Waals surface area (Å²) in [6, 6.07) is 0. The van der Waals surface area contributed by atoms with Gasteiger partial charge in [-0.3, -0.25) is 9.59 Å². The van der Waals surface area contributed by atoms with Gasteiger partial charge in [0.05, 0.1) is 0 Å². The van der Waals surface area contributed by atoms with Gasteiger partial charge in [-0.15, -0.1) is 6.58 Å². The Morgan fingerprint density at radius 3 is 2.96 bits per heavy atom. The summed E-state index contributed by atoms with van der Waals surface area (Å²) in [6.45, 7) is 6.96. The highest BCUT2D eigenvalue weighted by Gasteiger charge is 2.75. The van der Waals surface area contributed by atoms with Crippen LogP contribution in [0.2, 0.25) is 0 Å². The minimum absolute atomic E-state index is 0.140. The van der Waals surface area contributed by atoms with Gasteiger partial charge in [0.2, 0.25) is 11.0 Å². The van der Waals surface area contributed by atoms with E-state index in [1.807, 2.05) is 6.08 Å². The van der Waals surface area contributed by atoms with Gasteiger partial charge in [-0.1, -0.05) is 37.6 Å². The molecule has 2 bridgehead atoms. The van der Waals surface area contributed by atoms with Crippen LogP contribution in [0.4, 0.5) is 0 Å². The van der Waals surface area contributed by atoms with Gasteiger partial charge in [0.25, 0.3) is 0 Å². The van der Waals surface area contributed by atoms with Crippen LogP contribution >= 0.6 is 11.8 Å². The highest BCUT2D eigenvalue weighted by molar-refractivity contribution is 8.15. The van der Waals surface area contributed by atoms with Crippen LogP contribution in [0, 0.1) is 16.7 Å². The zero-order valence-corrected chi connectivity index (χ0v) is 14.9. The fraction of sp³-hybridized carbons (Fsp3) is 0.789. The second-order valence-corrected chi connectivity index (χ2v) is 9.46. The molecule has 1 unspecified atom stereocenters. The molecule has 0 N–H and O–H groups in total. The number of allylic oxidation sites excluding steroid dienone is 1. The molecule has 4 heterocycles. The monoisotopic (exact) mass is 333 g/mol. The van der Waals surface area contributed by atoms with Crippen molar-refractivity contribution < 1.29 is 9.59 Å². The third-order valence-corrected chi connectivity index (χ3v) is 9.07. The number of piperidine rings is 1. The SMILES string of the molecule is C=CCCCC[C@@]12CC3CCC[C@@]4(C)CCN(C1=O)[C@]34SC2=O. The number of carbonyl (C=O) groups excluding carboxylic acids is 2. The Kier molecular flexibility index (Phi) is 3.50. The van der Waals surface area contributed by atoms with Gasteiger partial charge in [-0.05, 0) is 50.9 Å². The van der Waals surface area contributed by atoms with Crippen molar-refractivity contribution in [3.8, 4) is 0 Å². The third kappa shape index (κ3) is 1.79. The number of nitrogens with zero attached hydrogens (tertiary/aromatic N) is 1. The van der Waals surface area contributed by atoms with E-state index in [1.54, 1.807) is 11.8 Å². The Morgan fingerprint density at radius 2 is 2.17 bits per heavy atom. The molecule has 0 radical (unpaired) electrons. The number of amides is 1. The van der Waals surface area contributed by atoms with Crippen LogP contribution in [0.5, 0.6) is 0 Å². The van der Waals surface area contributed by atoms with Crippen LogP contribution in [0.15, 0.2) is 12.7 Å². The molecular weight excluding hydrogens is 306 g/mol. The van der Waals surface area contributed by atoms with Gasteiger partial charge in [0.15, 0.2) is 0 Å². The lowest BCUT2D eigenvalue weighted by Gasteiger charge is -2.64. The predicted molar refractivity (Wildman–Crippen MR) is 92.8 cm³/mol. The van der Waals surface area contributed by atoms with E-state index in [2.05, 4.69) is 18.4 Å². The van der Waals surface area contributed by atoms with Gasteiger partial charge in [-0.25, -0.2) is 0 Å². The molecule has 1 amide bonds. The molecule has 3 nitrogen and oxygen atoms in total. The van der Waals surface area contributed by atoms with Gasteiger partial charge in [0, 0.05) is 12.0 Å². The number of hydrogen-bond acceptors (Lipinski definition) is 3. The number of thioether (sulfide) groups is 1. The summed E-state index contributed by atoms with van der Waals surface area (Å²) in [5, 5.41) is 0.184. The van der Waals surface area contributed by atoms with Crippen LogP contribution in [-0.4, -0.2) is 27.3 Å². The van der Waals surface area contributed by atoms with Crippen LogP contribution < -0.4 is 0 Å². The normalized spacial score (nSPS) is 44.6. The van der Waals surface area contributed by atoms with Crippen LogP contribution in [0.3, 0.4) is 0 Å². The molecule has 5 aliphatic rings. The van der Waals surface area contributed by atoms with E-state index in [-0.39, 0.29) is 21.3 Å². The molecule has 1 spiro atoms. The molecule has 4 saturated heterocycles. The summed E-state index contributed by atoms with van der Waals surface area (Å²) in [5.74, 6) is 0.685. The van der Waals surface area contributed by atoms with Crippen molar-refractivity contribution in [3.05, 3.63) is 12.7 Å². The molecule has 5 fully saturated rings. The first-order chi connectivity index (χ1) is 11.0. The molecule has 4 atom stereocenters. The maximum absolute atomic E-state index is 13.3. The first kappa shape index (κ1) is 15.7. The lowest BCUT2D eigenvalue weighted by Crippen LogP contribution is -2.72. The van der Waals surface area contributed by atoms with Gasteiger partial charge >= 0.3 is 0 Å². The minimum atomic E-state index is -0.707. The maximum Gasteiger partial charge on any atom is 0.238 e. The molecule has 4 aliphatic heterocycles. The Hall–Kier alpha value is -0.770. The Bertz CT molecular complexity index is 576. The zero-order chi connectivity index (χ0) is 16.3. The third-order valence-electron chi connectivity index (χ3n) is 7.14. The second-order valence-electron chi connectivity index (χ2n) is 8.26. The summed E-state index contributed by atoms with van der Waals surface area (Å²) >= 11 is 1.56. The largest absolute Gasteiger partial charge is 0.326 e. The van der Waals surface area contributed by atoms with E-state index in [1.165, 1.54) is 19.3 Å². The predicted octanol–water partition coefficient (Wildman–Crippen LogP) is 4.13. The summed E-state index contributed by atoms with van der Waals surface area (Å²) < 4.78 is 0. The van der Waals surface area contributed by atoms with E-state index in [4.69, 9.17) is 0 Å². The molecule has 1 saturated carbocycles. The zero-order valence-electron chi connectivity index (χ0n) is 14.1. The smallest absolute Gasteiger partial charge is 0.238 e. The molecular formula is C19H27NO2S. The maximum atomic E-state index is 13.3. The summed E-state index contributed by atoms with van der Waals surface area (Å²) in [4.78, 5) is 28.3. The lowest BCUT2D eigenvalue weighted by molar-refractivity contribution is -0.167. The van der Waals surface area contributed by atoms with Crippen LogP contribution in [0.25, 0.3) is 0 Å². The first-order valence-corrected chi connectivity index (χ1v) is 9.98. The summed E-state index contributed by atoms with van der Waals surface area (Å²) in [7, 11) is 0. The van der Waals surface area contributed by atoms with Gasteiger partial charge in [-0.2, -0.15) is 0 Å². The number of carbonyl (C=O) groups is 2. The molecule has 4 heteroatoms. The second kappa shape index (κ2) is 5.11. The fourth-order valence-electron chi connectivity index (χ4n) is 5.94. The number of unbranched alkanes of at least 4 members (excludes halogenated alkanes) is 2. The molecule has 0 aromatic carbocycles. The molecule has 1 aliphatic carbocycles. The lowest BCUT2D eigenvalue weighted by atomic mass is 9.59. The average molecular weight is 333 g/mol. The topological polar surface area (TPSA) is 37.4 Å². The average Bonchev–Trinajstić information content (AvgIpc) is 2.82. The fourth-order valence-corrected chi connectivity index (χ4v) is 7.79. The van der Waals surface area contributed by atoms with Gasteiger partial charge in [0.1, 0.15) is 10.3 Å². The highest BCUT2D eigenvalue weighted by Crippen LogP contribution is 2.71. The van der Waals surface area contributed by atoms with Crippen LogP contribution in [-0.2, 0) is 9.59 Å². The van der Waals surface area contributed by atoms with Crippen molar-refractivity contribution in [2.75, 3.05) is 6.54 Å². The van der Waals surface area contributed by atoms with Crippen molar-refractivity contribution in [3.63, 3.8) is 0 Å². The molecule has 0 aromatic rings. The van der Waals surface area contributed by atoms with Crippen LogP contribution in [0.1, 0.15) is 64.7 Å². The van der Waals surface area contributed by atoms with Crippen molar-refractivity contribution in [2.45, 2.75) is 69.6 Å². The summed E-state index contributed by atoms with van der Waals surface area (Å²) in [6.07, 6.45) is 11.1. The molecule has 126 valence electrons. The van der Waals surface area contributed by atoms with Crippen molar-refractivity contribution in [1.82, 2.24) is 4.90 Å². The highest BCUT2D eigenvalue weighted by atomic mass is 32.2. The van der Waals surface area contributed by atoms with Crippen molar-refractivity contribution in [1.29, 1.82) is 0 Å². The van der Waals surface area contributed by atoms with E-state index < -0.39 is 5.41 Å². The molecule has 0 aromatic heterocycles. The number of hydrogen-bond donors (Lipinski definition) is 0. The molecule has 23 heavy (non-hydrogen) atoms. The Labute approximate surface area is 143 Å². The quantitative estimate of drug-likeness (QED) is 0.431. The van der Waals surface area contributed by atoms with E-state index in [9.17, 15) is 9.59 Å². The number of fused-ring (bicyclic) bond motifs is 1. The first-order valence-electron chi connectivity index (χ1n) is 9.17. The van der Waals surface area contributed by atoms with E-state index in [0.717, 1.165) is 45.1 Å².